The number of aryl methyl sites for hydroxylation is 1. The van der Waals surface area contributed by atoms with E-state index in [2.05, 4.69) is 22.0 Å². The fraction of sp³-hybridized carbons (Fsp3) is 0.467. The van der Waals surface area contributed by atoms with E-state index in [1.807, 2.05) is 36.5 Å². The van der Waals surface area contributed by atoms with E-state index in [0.717, 1.165) is 96.8 Å². The highest BCUT2D eigenvalue weighted by Crippen LogP contribution is 2.33. The molecule has 4 rings (SSSR count). The Hall–Kier alpha value is -2.34. The van der Waals surface area contributed by atoms with Crippen molar-refractivity contribution in [3.8, 4) is 5.75 Å². The number of methoxy groups -OCH3 is 1. The largest absolute Gasteiger partial charge is 0.497 e. The summed E-state index contributed by atoms with van der Waals surface area (Å²) in [5, 5.41) is 11.9. The number of likely N-dealkylation sites (tertiary alicyclic amines) is 1. The number of hydrogen-bond donors (Lipinski definition) is 1. The van der Waals surface area contributed by atoms with Crippen LogP contribution in [-0.4, -0.2) is 47.7 Å². The maximum atomic E-state index is 11.3. The number of pyridine rings is 1. The lowest BCUT2D eigenvalue weighted by Crippen LogP contribution is -2.41. The number of halogens is 2. The summed E-state index contributed by atoms with van der Waals surface area (Å²) in [6.07, 6.45) is 8.98. The lowest BCUT2D eigenvalue weighted by atomic mass is 9.79. The number of carboxylic acid groups (broad SMARTS) is 1. The van der Waals surface area contributed by atoms with Crippen molar-refractivity contribution in [2.75, 3.05) is 26.7 Å². The first-order chi connectivity index (χ1) is 17.9. The highest BCUT2D eigenvalue weighted by atomic mass is 35.5. The van der Waals surface area contributed by atoms with Gasteiger partial charge in [-0.3, -0.25) is 9.78 Å². The van der Waals surface area contributed by atoms with Gasteiger partial charge in [0.25, 0.3) is 0 Å². The summed E-state index contributed by atoms with van der Waals surface area (Å²) in [5.74, 6) is 1.10. The number of rotatable bonds is 12. The van der Waals surface area contributed by atoms with E-state index in [1.165, 1.54) is 5.56 Å². The van der Waals surface area contributed by atoms with E-state index >= 15 is 0 Å². The summed E-state index contributed by atoms with van der Waals surface area (Å²) in [6.45, 7) is 2.99. The van der Waals surface area contributed by atoms with Gasteiger partial charge < -0.3 is 14.7 Å². The molecule has 0 bridgehead atoms. The van der Waals surface area contributed by atoms with Crippen LogP contribution in [0.4, 0.5) is 0 Å². The molecule has 1 aliphatic heterocycles. The molecule has 198 valence electrons. The second kappa shape index (κ2) is 13.5. The van der Waals surface area contributed by atoms with Crippen molar-refractivity contribution in [2.24, 2.45) is 11.8 Å². The van der Waals surface area contributed by atoms with Crippen LogP contribution in [0.5, 0.6) is 5.75 Å². The summed E-state index contributed by atoms with van der Waals surface area (Å²) in [6, 6.07) is 13.8. The minimum atomic E-state index is -0.707. The Balaban J connectivity index is 1.32. The van der Waals surface area contributed by atoms with Crippen molar-refractivity contribution in [3.05, 3.63) is 69.8 Å². The number of nitrogens with zero attached hydrogens (tertiary/aromatic N) is 2. The minimum absolute atomic E-state index is 0.235. The molecule has 1 fully saturated rings. The Bertz CT molecular complexity index is 1180. The Labute approximate surface area is 229 Å². The van der Waals surface area contributed by atoms with Gasteiger partial charge >= 0.3 is 5.97 Å². The number of aromatic nitrogens is 1. The smallest absolute Gasteiger partial charge is 0.303 e. The molecule has 0 amide bonds. The van der Waals surface area contributed by atoms with Gasteiger partial charge in [0.2, 0.25) is 0 Å². The number of benzene rings is 2. The van der Waals surface area contributed by atoms with Crippen molar-refractivity contribution in [3.63, 3.8) is 0 Å². The van der Waals surface area contributed by atoms with Gasteiger partial charge in [-0.25, -0.2) is 0 Å². The monoisotopic (exact) mass is 542 g/mol. The van der Waals surface area contributed by atoms with Gasteiger partial charge in [-0.1, -0.05) is 29.3 Å². The van der Waals surface area contributed by atoms with Crippen molar-refractivity contribution in [2.45, 2.75) is 51.4 Å². The zero-order chi connectivity index (χ0) is 26.2. The van der Waals surface area contributed by atoms with Gasteiger partial charge in [-0.05, 0) is 117 Å². The van der Waals surface area contributed by atoms with E-state index < -0.39 is 5.97 Å². The zero-order valence-corrected chi connectivity index (χ0v) is 23.0. The van der Waals surface area contributed by atoms with Crippen molar-refractivity contribution in [1.82, 2.24) is 9.88 Å². The van der Waals surface area contributed by atoms with Crippen LogP contribution in [-0.2, 0) is 17.6 Å². The fourth-order valence-corrected chi connectivity index (χ4v) is 6.29. The summed E-state index contributed by atoms with van der Waals surface area (Å²) >= 11 is 12.7. The number of carbonyl (C=O) groups is 1. The maximum absolute atomic E-state index is 11.3. The SMILES string of the molecule is COc1ccc2nccc(CCC[C@@H]3CCN(CCCc4c(Cl)cccc4Cl)C[C@@H]3CCC(=O)O)c2c1. The predicted octanol–water partition coefficient (Wildman–Crippen LogP) is 7.31. The molecule has 1 aromatic heterocycles. The topological polar surface area (TPSA) is 62.7 Å². The van der Waals surface area contributed by atoms with Crippen LogP contribution in [0.2, 0.25) is 10.0 Å². The Morgan fingerprint density at radius 2 is 1.89 bits per heavy atom. The second-order valence-electron chi connectivity index (χ2n) is 10.1. The first kappa shape index (κ1) is 27.7. The molecular formula is C30H36Cl2N2O3. The average Bonchev–Trinajstić information content (AvgIpc) is 2.89. The van der Waals surface area contributed by atoms with E-state index in [1.54, 1.807) is 7.11 Å². The lowest BCUT2D eigenvalue weighted by Gasteiger charge is -2.39. The van der Waals surface area contributed by atoms with Gasteiger partial charge in [0.1, 0.15) is 5.75 Å². The van der Waals surface area contributed by atoms with Crippen LogP contribution < -0.4 is 4.74 Å². The van der Waals surface area contributed by atoms with Crippen LogP contribution in [0, 0.1) is 11.8 Å². The highest BCUT2D eigenvalue weighted by molar-refractivity contribution is 6.35. The number of carboxylic acids is 1. The molecule has 2 atom stereocenters. The first-order valence-electron chi connectivity index (χ1n) is 13.2. The van der Waals surface area contributed by atoms with Crippen molar-refractivity contribution < 1.29 is 14.6 Å². The third-order valence-corrected chi connectivity index (χ3v) is 8.44. The number of hydrogen-bond acceptors (Lipinski definition) is 4. The van der Waals surface area contributed by atoms with Crippen molar-refractivity contribution >= 4 is 40.1 Å². The van der Waals surface area contributed by atoms with E-state index in [-0.39, 0.29) is 6.42 Å². The van der Waals surface area contributed by atoms with Gasteiger partial charge in [0.05, 0.1) is 12.6 Å². The molecule has 2 aromatic carbocycles. The molecule has 37 heavy (non-hydrogen) atoms. The summed E-state index contributed by atoms with van der Waals surface area (Å²) in [5.41, 5.74) is 3.30. The van der Waals surface area contributed by atoms with Crippen LogP contribution in [0.3, 0.4) is 0 Å². The number of aliphatic carboxylic acids is 1. The van der Waals surface area contributed by atoms with Crippen LogP contribution in [0.1, 0.15) is 49.7 Å². The van der Waals surface area contributed by atoms with Gasteiger partial charge in [-0.2, -0.15) is 0 Å². The number of piperidine rings is 1. The summed E-state index contributed by atoms with van der Waals surface area (Å²) in [4.78, 5) is 18.3. The standard InChI is InChI=1S/C30H36Cl2N2O3/c1-37-24-11-12-29-26(19-24)22(14-16-33-29)6-2-5-21-15-18-34(20-23(21)10-13-30(35)36)17-4-7-25-27(31)8-3-9-28(25)32/h3,8-9,11-12,14,16,19,21,23H,2,4-7,10,13,15,17-18,20H2,1H3,(H,35,36)/t21-,23+/m1/s1. The van der Waals surface area contributed by atoms with Crippen LogP contribution in [0.25, 0.3) is 10.9 Å². The lowest BCUT2D eigenvalue weighted by molar-refractivity contribution is -0.137. The molecule has 0 aliphatic carbocycles. The maximum Gasteiger partial charge on any atom is 0.303 e. The Morgan fingerprint density at radius 1 is 1.08 bits per heavy atom. The number of fused-ring (bicyclic) bond motifs is 1. The van der Waals surface area contributed by atoms with Gasteiger partial charge in [-0.15, -0.1) is 0 Å². The zero-order valence-electron chi connectivity index (χ0n) is 21.5. The Kier molecular flexibility index (Phi) is 10.1. The van der Waals surface area contributed by atoms with Crippen LogP contribution in [0.15, 0.2) is 48.7 Å². The second-order valence-corrected chi connectivity index (χ2v) is 10.9. The Morgan fingerprint density at radius 3 is 2.65 bits per heavy atom. The molecule has 1 aliphatic rings. The van der Waals surface area contributed by atoms with Gasteiger partial charge in [0, 0.05) is 34.6 Å². The molecule has 1 N–H and O–H groups in total. The molecule has 5 nitrogen and oxygen atoms in total. The normalized spacial score (nSPS) is 18.2. The highest BCUT2D eigenvalue weighted by Gasteiger charge is 2.29. The molecule has 0 saturated carbocycles. The fourth-order valence-electron chi connectivity index (χ4n) is 5.71. The molecule has 3 aromatic rings. The van der Waals surface area contributed by atoms with Crippen molar-refractivity contribution in [1.29, 1.82) is 0 Å². The molecule has 2 heterocycles. The molecule has 1 saturated heterocycles. The average molecular weight is 544 g/mol. The molecule has 0 spiro atoms. The molecule has 0 radical (unpaired) electrons. The third kappa shape index (κ3) is 7.59. The molecular weight excluding hydrogens is 507 g/mol. The van der Waals surface area contributed by atoms with E-state index in [9.17, 15) is 9.90 Å². The predicted molar refractivity (Wildman–Crippen MR) is 151 cm³/mol. The minimum Gasteiger partial charge on any atom is -0.497 e. The quantitative estimate of drug-likeness (QED) is 0.260. The summed E-state index contributed by atoms with van der Waals surface area (Å²) in [7, 11) is 1.69. The number of ether oxygens (including phenoxy) is 1. The van der Waals surface area contributed by atoms with Gasteiger partial charge in [0.15, 0.2) is 0 Å². The third-order valence-electron chi connectivity index (χ3n) is 7.73. The molecule has 0 unspecified atom stereocenters. The summed E-state index contributed by atoms with van der Waals surface area (Å²) < 4.78 is 5.42. The van der Waals surface area contributed by atoms with E-state index in [0.29, 0.717) is 11.8 Å². The molecule has 7 heteroatoms. The first-order valence-corrected chi connectivity index (χ1v) is 14.0. The van der Waals surface area contributed by atoms with Crippen LogP contribution >= 0.6 is 23.2 Å². The van der Waals surface area contributed by atoms with E-state index in [4.69, 9.17) is 27.9 Å².